The van der Waals surface area contributed by atoms with Gasteiger partial charge >= 0.3 is 0 Å². The zero-order valence-electron chi connectivity index (χ0n) is 12.4. The molecular weight excluding hydrogens is 268 g/mol. The van der Waals surface area contributed by atoms with Crippen LogP contribution in [0.25, 0.3) is 11.6 Å². The minimum Gasteiger partial charge on any atom is -0.419 e. The van der Waals surface area contributed by atoms with E-state index in [0.717, 1.165) is 6.42 Å². The number of nitrogens with zero attached hydrogens (tertiary/aromatic N) is 3. The lowest BCUT2D eigenvalue weighted by Crippen LogP contribution is -2.25. The van der Waals surface area contributed by atoms with E-state index in [4.69, 9.17) is 4.42 Å². The van der Waals surface area contributed by atoms with Gasteiger partial charge in [0.05, 0.1) is 0 Å². The maximum atomic E-state index is 11.7. The van der Waals surface area contributed by atoms with E-state index in [-0.39, 0.29) is 5.91 Å². The van der Waals surface area contributed by atoms with E-state index in [1.807, 2.05) is 12.1 Å². The van der Waals surface area contributed by atoms with Gasteiger partial charge < -0.3 is 9.73 Å². The van der Waals surface area contributed by atoms with Crippen molar-refractivity contribution in [2.75, 3.05) is 6.54 Å². The van der Waals surface area contributed by atoms with E-state index < -0.39 is 0 Å². The molecule has 6 nitrogen and oxygen atoms in total. The van der Waals surface area contributed by atoms with Crippen molar-refractivity contribution in [3.05, 3.63) is 30.3 Å². The van der Waals surface area contributed by atoms with Crippen LogP contribution in [0.2, 0.25) is 0 Å². The molecule has 112 valence electrons. The number of aryl methyl sites for hydroxylation is 1. The molecule has 0 bridgehead atoms. The van der Waals surface area contributed by atoms with Gasteiger partial charge in [0.2, 0.25) is 11.8 Å². The Labute approximate surface area is 124 Å². The zero-order chi connectivity index (χ0) is 15.1. The standard InChI is InChI=1S/C15H20N4O2/c1-11(2)8-10-17-13(20)6-7-14-18-19-15(21-14)12-5-3-4-9-16-12/h3-5,9,11H,6-8,10H2,1-2H3,(H,17,20). The molecule has 0 spiro atoms. The number of rotatable bonds is 7. The summed E-state index contributed by atoms with van der Waals surface area (Å²) in [6, 6.07) is 5.48. The molecule has 0 aliphatic carbocycles. The van der Waals surface area contributed by atoms with E-state index in [1.165, 1.54) is 0 Å². The number of amides is 1. The summed E-state index contributed by atoms with van der Waals surface area (Å²) in [4.78, 5) is 15.8. The third-order valence-electron chi connectivity index (χ3n) is 2.96. The third kappa shape index (κ3) is 4.98. The van der Waals surface area contributed by atoms with E-state index in [2.05, 4.69) is 34.3 Å². The average molecular weight is 288 g/mol. The van der Waals surface area contributed by atoms with Gasteiger partial charge in [0.1, 0.15) is 5.69 Å². The fourth-order valence-electron chi connectivity index (χ4n) is 1.76. The summed E-state index contributed by atoms with van der Waals surface area (Å²) in [5, 5.41) is 10.8. The number of hydrogen-bond donors (Lipinski definition) is 1. The van der Waals surface area contributed by atoms with Gasteiger partial charge in [0, 0.05) is 25.6 Å². The topological polar surface area (TPSA) is 80.9 Å². The largest absolute Gasteiger partial charge is 0.419 e. The SMILES string of the molecule is CC(C)CCNC(=O)CCc1nnc(-c2ccccn2)o1. The van der Waals surface area contributed by atoms with Crippen LogP contribution in [0.3, 0.4) is 0 Å². The monoisotopic (exact) mass is 288 g/mol. The maximum Gasteiger partial charge on any atom is 0.266 e. The molecule has 0 unspecified atom stereocenters. The second-order valence-electron chi connectivity index (χ2n) is 5.25. The Morgan fingerprint density at radius 2 is 2.19 bits per heavy atom. The molecule has 0 aromatic carbocycles. The summed E-state index contributed by atoms with van der Waals surface area (Å²) in [6.45, 7) is 4.97. The summed E-state index contributed by atoms with van der Waals surface area (Å²) in [5.41, 5.74) is 0.637. The van der Waals surface area contributed by atoms with Crippen LogP contribution in [-0.4, -0.2) is 27.6 Å². The van der Waals surface area contributed by atoms with Crippen molar-refractivity contribution in [3.8, 4) is 11.6 Å². The summed E-state index contributed by atoms with van der Waals surface area (Å²) < 4.78 is 5.50. The first-order valence-electron chi connectivity index (χ1n) is 7.15. The molecule has 0 radical (unpaired) electrons. The van der Waals surface area contributed by atoms with Crippen molar-refractivity contribution < 1.29 is 9.21 Å². The van der Waals surface area contributed by atoms with Crippen LogP contribution in [0.15, 0.2) is 28.8 Å². The lowest BCUT2D eigenvalue weighted by molar-refractivity contribution is -0.121. The molecule has 2 rings (SSSR count). The van der Waals surface area contributed by atoms with E-state index >= 15 is 0 Å². The summed E-state index contributed by atoms with van der Waals surface area (Å²) in [6.07, 6.45) is 3.44. The van der Waals surface area contributed by atoms with Crippen molar-refractivity contribution in [1.29, 1.82) is 0 Å². The molecule has 0 saturated heterocycles. The Hall–Kier alpha value is -2.24. The van der Waals surface area contributed by atoms with Gasteiger partial charge in [0.15, 0.2) is 0 Å². The van der Waals surface area contributed by atoms with Gasteiger partial charge in [-0.3, -0.25) is 9.78 Å². The first kappa shape index (κ1) is 15.2. The smallest absolute Gasteiger partial charge is 0.266 e. The lowest BCUT2D eigenvalue weighted by atomic mass is 10.1. The number of hydrogen-bond acceptors (Lipinski definition) is 5. The van der Waals surface area contributed by atoms with Crippen LogP contribution in [0, 0.1) is 5.92 Å². The lowest BCUT2D eigenvalue weighted by Gasteiger charge is -2.06. The van der Waals surface area contributed by atoms with Gasteiger partial charge in [-0.15, -0.1) is 10.2 Å². The molecule has 0 aliphatic rings. The van der Waals surface area contributed by atoms with Crippen molar-refractivity contribution in [2.45, 2.75) is 33.1 Å². The van der Waals surface area contributed by atoms with E-state index in [9.17, 15) is 4.79 Å². The first-order chi connectivity index (χ1) is 10.1. The Morgan fingerprint density at radius 3 is 2.90 bits per heavy atom. The third-order valence-corrected chi connectivity index (χ3v) is 2.96. The quantitative estimate of drug-likeness (QED) is 0.845. The summed E-state index contributed by atoms with van der Waals surface area (Å²) >= 11 is 0. The average Bonchev–Trinajstić information content (AvgIpc) is 2.94. The maximum absolute atomic E-state index is 11.7. The van der Waals surface area contributed by atoms with E-state index in [0.29, 0.717) is 42.8 Å². The second kappa shape index (κ2) is 7.52. The van der Waals surface area contributed by atoms with Gasteiger partial charge in [0.25, 0.3) is 5.89 Å². The van der Waals surface area contributed by atoms with Crippen LogP contribution in [0.5, 0.6) is 0 Å². The molecule has 2 heterocycles. The molecular formula is C15H20N4O2. The van der Waals surface area contributed by atoms with Gasteiger partial charge in [-0.2, -0.15) is 0 Å². The predicted molar refractivity (Wildman–Crippen MR) is 78.3 cm³/mol. The number of aromatic nitrogens is 3. The fraction of sp³-hybridized carbons (Fsp3) is 0.467. The molecule has 0 saturated carbocycles. The molecule has 21 heavy (non-hydrogen) atoms. The minimum atomic E-state index is 0.00763. The van der Waals surface area contributed by atoms with Crippen LogP contribution in [0.1, 0.15) is 32.6 Å². The van der Waals surface area contributed by atoms with Crippen molar-refractivity contribution in [1.82, 2.24) is 20.5 Å². The molecule has 1 amide bonds. The predicted octanol–water partition coefficient (Wildman–Crippen LogP) is 2.23. The Kier molecular flexibility index (Phi) is 5.43. The van der Waals surface area contributed by atoms with Crippen LogP contribution in [0.4, 0.5) is 0 Å². The highest BCUT2D eigenvalue weighted by Crippen LogP contribution is 2.14. The Bertz CT molecular complexity index is 566. The highest BCUT2D eigenvalue weighted by atomic mass is 16.4. The van der Waals surface area contributed by atoms with Crippen molar-refractivity contribution >= 4 is 5.91 Å². The first-order valence-corrected chi connectivity index (χ1v) is 7.15. The molecule has 6 heteroatoms. The van der Waals surface area contributed by atoms with Crippen molar-refractivity contribution in [2.24, 2.45) is 5.92 Å². The molecule has 0 fully saturated rings. The number of pyridine rings is 1. The van der Waals surface area contributed by atoms with Gasteiger partial charge in [-0.05, 0) is 24.5 Å². The van der Waals surface area contributed by atoms with Gasteiger partial charge in [-0.1, -0.05) is 19.9 Å². The Morgan fingerprint density at radius 1 is 1.33 bits per heavy atom. The van der Waals surface area contributed by atoms with Crippen molar-refractivity contribution in [3.63, 3.8) is 0 Å². The molecule has 2 aromatic rings. The normalized spacial score (nSPS) is 10.8. The van der Waals surface area contributed by atoms with E-state index in [1.54, 1.807) is 12.3 Å². The highest BCUT2D eigenvalue weighted by molar-refractivity contribution is 5.75. The Balaban J connectivity index is 1.79. The molecule has 1 N–H and O–H groups in total. The summed E-state index contributed by atoms with van der Waals surface area (Å²) in [5.74, 6) is 1.43. The van der Waals surface area contributed by atoms with Gasteiger partial charge in [-0.25, -0.2) is 0 Å². The molecule has 2 aromatic heterocycles. The number of carbonyl (C=O) groups excluding carboxylic acids is 1. The summed E-state index contributed by atoms with van der Waals surface area (Å²) in [7, 11) is 0. The van der Waals surface area contributed by atoms with Crippen LogP contribution < -0.4 is 5.32 Å². The minimum absolute atomic E-state index is 0.00763. The second-order valence-corrected chi connectivity index (χ2v) is 5.25. The molecule has 0 aliphatic heterocycles. The van der Waals surface area contributed by atoms with Crippen LogP contribution >= 0.6 is 0 Å². The fourth-order valence-corrected chi connectivity index (χ4v) is 1.76. The molecule has 0 atom stereocenters. The highest BCUT2D eigenvalue weighted by Gasteiger charge is 2.11. The number of nitrogens with one attached hydrogen (secondary N) is 1. The zero-order valence-corrected chi connectivity index (χ0v) is 12.4. The van der Waals surface area contributed by atoms with Crippen LogP contribution in [-0.2, 0) is 11.2 Å². The number of carbonyl (C=O) groups is 1.